The molecule has 0 spiro atoms. The van der Waals surface area contributed by atoms with Gasteiger partial charge in [-0.1, -0.05) is 13.3 Å². The quantitative estimate of drug-likeness (QED) is 0.521. The molecule has 1 aliphatic heterocycles. The van der Waals surface area contributed by atoms with Gasteiger partial charge in [-0.05, 0) is 38.0 Å². The maximum Gasteiger partial charge on any atom is 0.260 e. The molecule has 2 aromatic rings. The van der Waals surface area contributed by atoms with E-state index in [1.54, 1.807) is 11.3 Å². The lowest BCUT2D eigenvalue weighted by molar-refractivity contribution is -0.918. The van der Waals surface area contributed by atoms with E-state index in [1.165, 1.54) is 16.2 Å². The molecule has 26 heavy (non-hydrogen) atoms. The molecule has 0 radical (unpaired) electrons. The van der Waals surface area contributed by atoms with Crippen LogP contribution in [-0.2, 0) is 6.54 Å². The molecule has 1 saturated heterocycles. The predicted octanol–water partition coefficient (Wildman–Crippen LogP) is 0.977. The zero-order valence-corrected chi connectivity index (χ0v) is 17.4. The second kappa shape index (κ2) is 8.45. The molecule has 1 fully saturated rings. The van der Waals surface area contributed by atoms with Crippen molar-refractivity contribution < 1.29 is 4.90 Å². The van der Waals surface area contributed by atoms with Crippen LogP contribution < -0.4 is 15.8 Å². The number of aromatic amines is 1. The Morgan fingerprint density at radius 1 is 1.38 bits per heavy atom. The van der Waals surface area contributed by atoms with Gasteiger partial charge in [0.2, 0.25) is 0 Å². The maximum atomic E-state index is 12.4. The van der Waals surface area contributed by atoms with Crippen molar-refractivity contribution in [1.29, 1.82) is 0 Å². The minimum absolute atomic E-state index is 0.00816. The van der Waals surface area contributed by atoms with Gasteiger partial charge in [-0.3, -0.25) is 4.79 Å². The van der Waals surface area contributed by atoms with Gasteiger partial charge in [0.05, 0.1) is 31.6 Å². The lowest BCUT2D eigenvalue weighted by Gasteiger charge is -2.33. The SMILES string of the molecule is CCCCNC(=S)N1CC[NH+](Cc2nc3sc(C)c(C)c3c(=O)[nH]2)CC1. The fourth-order valence-electron chi connectivity index (χ4n) is 3.31. The number of fused-ring (bicyclic) bond motifs is 1. The van der Waals surface area contributed by atoms with Gasteiger partial charge in [-0.15, -0.1) is 11.3 Å². The third-order valence-corrected chi connectivity index (χ3v) is 6.57. The molecule has 2 aromatic heterocycles. The van der Waals surface area contributed by atoms with Gasteiger partial charge in [0, 0.05) is 11.4 Å². The topological polar surface area (TPSA) is 65.5 Å². The van der Waals surface area contributed by atoms with E-state index in [-0.39, 0.29) is 5.56 Å². The van der Waals surface area contributed by atoms with E-state index < -0.39 is 0 Å². The number of aromatic nitrogens is 2. The number of unbranched alkanes of at least 4 members (excludes halogenated alkanes) is 1. The molecule has 6 nitrogen and oxygen atoms in total. The number of piperazine rings is 1. The zero-order valence-electron chi connectivity index (χ0n) is 15.8. The van der Waals surface area contributed by atoms with Crippen LogP contribution >= 0.6 is 23.6 Å². The van der Waals surface area contributed by atoms with E-state index in [1.807, 2.05) is 13.8 Å². The third kappa shape index (κ3) is 4.24. The smallest absolute Gasteiger partial charge is 0.260 e. The van der Waals surface area contributed by atoms with E-state index in [0.717, 1.165) is 72.4 Å². The summed E-state index contributed by atoms with van der Waals surface area (Å²) >= 11 is 7.10. The van der Waals surface area contributed by atoms with Gasteiger partial charge < -0.3 is 20.1 Å². The van der Waals surface area contributed by atoms with Crippen molar-refractivity contribution >= 4 is 38.9 Å². The van der Waals surface area contributed by atoms with E-state index in [2.05, 4.69) is 22.1 Å². The average Bonchev–Trinajstić information content (AvgIpc) is 2.90. The molecule has 0 aliphatic carbocycles. The summed E-state index contributed by atoms with van der Waals surface area (Å²) in [5.41, 5.74) is 1.04. The van der Waals surface area contributed by atoms with E-state index in [9.17, 15) is 4.79 Å². The van der Waals surface area contributed by atoms with Crippen molar-refractivity contribution in [1.82, 2.24) is 20.2 Å². The normalized spacial score (nSPS) is 15.6. The van der Waals surface area contributed by atoms with Crippen molar-refractivity contribution in [2.24, 2.45) is 0 Å². The second-order valence-corrected chi connectivity index (χ2v) is 8.57. The number of hydrogen-bond donors (Lipinski definition) is 3. The first-order valence-electron chi connectivity index (χ1n) is 9.34. The molecule has 0 unspecified atom stereocenters. The zero-order chi connectivity index (χ0) is 18.7. The van der Waals surface area contributed by atoms with Crippen LogP contribution in [0.15, 0.2) is 4.79 Å². The Kier molecular flexibility index (Phi) is 6.26. The van der Waals surface area contributed by atoms with Crippen LogP contribution in [0.25, 0.3) is 10.2 Å². The Labute approximate surface area is 163 Å². The standard InChI is InChI=1S/C18H27N5OS2/c1-4-5-6-19-18(25)23-9-7-22(8-10-23)11-14-20-16(24)15-12(2)13(3)26-17(15)21-14/h4-11H2,1-3H3,(H,19,25)(H,20,21,24)/p+1. The molecule has 0 aromatic carbocycles. The first kappa shape index (κ1) is 19.3. The third-order valence-electron chi connectivity index (χ3n) is 5.07. The molecular formula is C18H28N5OS2+. The van der Waals surface area contributed by atoms with Crippen molar-refractivity contribution in [2.45, 2.75) is 40.2 Å². The number of H-pyrrole nitrogens is 1. The summed E-state index contributed by atoms with van der Waals surface area (Å²) in [4.78, 5) is 25.8. The van der Waals surface area contributed by atoms with Crippen LogP contribution in [0.4, 0.5) is 0 Å². The number of thiophene rings is 1. The van der Waals surface area contributed by atoms with Crippen molar-refractivity contribution in [2.75, 3.05) is 32.7 Å². The van der Waals surface area contributed by atoms with E-state index in [4.69, 9.17) is 17.2 Å². The monoisotopic (exact) mass is 394 g/mol. The van der Waals surface area contributed by atoms with Crippen molar-refractivity contribution in [3.8, 4) is 0 Å². The molecule has 0 saturated carbocycles. The van der Waals surface area contributed by atoms with Crippen LogP contribution in [0, 0.1) is 13.8 Å². The van der Waals surface area contributed by atoms with Crippen LogP contribution in [0.5, 0.6) is 0 Å². The first-order valence-corrected chi connectivity index (χ1v) is 10.6. The summed E-state index contributed by atoms with van der Waals surface area (Å²) in [6.45, 7) is 11.8. The highest BCUT2D eigenvalue weighted by Crippen LogP contribution is 2.25. The van der Waals surface area contributed by atoms with Crippen molar-refractivity contribution in [3.63, 3.8) is 0 Å². The van der Waals surface area contributed by atoms with Crippen molar-refractivity contribution in [3.05, 3.63) is 26.6 Å². The second-order valence-electron chi connectivity index (χ2n) is 6.98. The first-order chi connectivity index (χ1) is 12.5. The highest BCUT2D eigenvalue weighted by molar-refractivity contribution is 7.80. The Bertz CT molecular complexity index is 836. The molecule has 3 heterocycles. The van der Waals surface area contributed by atoms with Gasteiger partial charge in [-0.2, -0.15) is 0 Å². The van der Waals surface area contributed by atoms with Crippen LogP contribution in [-0.4, -0.2) is 52.7 Å². The maximum absolute atomic E-state index is 12.4. The number of nitrogens with one attached hydrogen (secondary N) is 3. The fourth-order valence-corrected chi connectivity index (χ4v) is 4.64. The fraction of sp³-hybridized carbons (Fsp3) is 0.611. The molecule has 3 N–H and O–H groups in total. The summed E-state index contributed by atoms with van der Waals surface area (Å²) in [7, 11) is 0. The van der Waals surface area contributed by atoms with Gasteiger partial charge in [-0.25, -0.2) is 4.98 Å². The number of nitrogens with zero attached hydrogens (tertiary/aromatic N) is 2. The molecule has 0 atom stereocenters. The molecule has 0 amide bonds. The van der Waals surface area contributed by atoms with Gasteiger partial charge >= 0.3 is 0 Å². The summed E-state index contributed by atoms with van der Waals surface area (Å²) < 4.78 is 0. The summed E-state index contributed by atoms with van der Waals surface area (Å²) in [5.74, 6) is 0.788. The van der Waals surface area contributed by atoms with Crippen LogP contribution in [0.3, 0.4) is 0 Å². The summed E-state index contributed by atoms with van der Waals surface area (Å²) in [6, 6.07) is 0. The number of quaternary nitrogens is 1. The average molecular weight is 395 g/mol. The molecule has 8 heteroatoms. The molecule has 0 bridgehead atoms. The van der Waals surface area contributed by atoms with Gasteiger partial charge in [0.15, 0.2) is 10.9 Å². The van der Waals surface area contributed by atoms with Gasteiger partial charge in [0.1, 0.15) is 11.4 Å². The van der Waals surface area contributed by atoms with E-state index in [0.29, 0.717) is 0 Å². The number of rotatable bonds is 5. The molecule has 1 aliphatic rings. The Hall–Kier alpha value is -1.51. The predicted molar refractivity (Wildman–Crippen MR) is 111 cm³/mol. The highest BCUT2D eigenvalue weighted by atomic mass is 32.1. The lowest BCUT2D eigenvalue weighted by Crippen LogP contribution is -3.13. The Morgan fingerprint density at radius 3 is 2.81 bits per heavy atom. The number of thiocarbonyl (C=S) groups is 1. The molecule has 3 rings (SSSR count). The minimum atomic E-state index is -0.00816. The summed E-state index contributed by atoms with van der Waals surface area (Å²) in [5, 5.41) is 4.96. The van der Waals surface area contributed by atoms with E-state index >= 15 is 0 Å². The van der Waals surface area contributed by atoms with Crippen LogP contribution in [0.2, 0.25) is 0 Å². The molecular weight excluding hydrogens is 366 g/mol. The summed E-state index contributed by atoms with van der Waals surface area (Å²) in [6.07, 6.45) is 2.32. The number of aryl methyl sites for hydroxylation is 2. The number of hydrogen-bond acceptors (Lipinski definition) is 4. The minimum Gasteiger partial charge on any atom is -0.363 e. The van der Waals surface area contributed by atoms with Gasteiger partial charge in [0.25, 0.3) is 5.56 Å². The lowest BCUT2D eigenvalue weighted by atomic mass is 10.2. The van der Waals surface area contributed by atoms with Crippen LogP contribution in [0.1, 0.15) is 36.0 Å². The largest absolute Gasteiger partial charge is 0.363 e. The highest BCUT2D eigenvalue weighted by Gasteiger charge is 2.23. The molecule has 142 valence electrons. The Balaban J connectivity index is 1.59. The Morgan fingerprint density at radius 2 is 2.12 bits per heavy atom.